The largest absolute Gasteiger partial charge is 0.455 e. The lowest BCUT2D eigenvalue weighted by atomic mass is 9.96. The molecule has 1 fully saturated rings. The number of para-hydroxylation sites is 1. The van der Waals surface area contributed by atoms with Gasteiger partial charge in [-0.25, -0.2) is 9.78 Å². The lowest BCUT2D eigenvalue weighted by Gasteiger charge is -2.37. The van der Waals surface area contributed by atoms with Crippen LogP contribution in [0, 0.1) is 5.92 Å². The Labute approximate surface area is 278 Å². The van der Waals surface area contributed by atoms with Crippen molar-refractivity contribution in [3.05, 3.63) is 76.5 Å². The van der Waals surface area contributed by atoms with Crippen molar-refractivity contribution in [1.82, 2.24) is 20.5 Å². The minimum atomic E-state index is -4.89. The molecule has 1 atom stereocenters. The Morgan fingerprint density at radius 3 is 2.57 bits per heavy atom. The molecule has 2 aromatic heterocycles. The summed E-state index contributed by atoms with van der Waals surface area (Å²) in [7, 11) is 0. The van der Waals surface area contributed by atoms with Crippen LogP contribution in [-0.2, 0) is 10.9 Å². The smallest absolute Gasteiger partial charge is 0.422 e. The highest BCUT2D eigenvalue weighted by Crippen LogP contribution is 2.49. The molecule has 2 N–H and O–H groups in total. The number of ether oxygens (including phenoxy) is 2. The molecule has 1 saturated heterocycles. The molecule has 4 aromatic rings. The highest BCUT2D eigenvalue weighted by Gasteiger charge is 2.41. The zero-order valence-electron chi connectivity index (χ0n) is 25.7. The van der Waals surface area contributed by atoms with Crippen LogP contribution in [0.5, 0.6) is 11.5 Å². The van der Waals surface area contributed by atoms with Gasteiger partial charge in [-0.2, -0.15) is 23.4 Å². The van der Waals surface area contributed by atoms with Crippen LogP contribution in [0.4, 0.5) is 29.3 Å². The fourth-order valence-electron chi connectivity index (χ4n) is 5.10. The summed E-state index contributed by atoms with van der Waals surface area (Å²) in [6.07, 6.45) is -1.32. The molecule has 0 bridgehead atoms. The maximum Gasteiger partial charge on any atom is 0.422 e. The number of alkyl carbamates (subject to hydrolysis) is 1. The van der Waals surface area contributed by atoms with Gasteiger partial charge in [-0.1, -0.05) is 23.7 Å². The highest BCUT2D eigenvalue weighted by atomic mass is 35.5. The number of alkyl halides is 3. The van der Waals surface area contributed by atoms with E-state index in [0.717, 1.165) is 6.07 Å². The van der Waals surface area contributed by atoms with E-state index in [9.17, 15) is 9.59 Å². The Hall–Kier alpha value is -4.43. The van der Waals surface area contributed by atoms with Gasteiger partial charge >= 0.3 is 12.3 Å². The second-order valence-corrected chi connectivity index (χ2v) is 13.1. The summed E-state index contributed by atoms with van der Waals surface area (Å²) >= 11 is 7.42. The van der Waals surface area contributed by atoms with Gasteiger partial charge in [-0.15, -0.1) is 11.3 Å². The van der Waals surface area contributed by atoms with Crippen molar-refractivity contribution in [2.24, 2.45) is 5.92 Å². The van der Waals surface area contributed by atoms with E-state index in [1.165, 1.54) is 47.3 Å². The van der Waals surface area contributed by atoms with E-state index in [1.54, 1.807) is 43.9 Å². The molecule has 1 aliphatic rings. The number of thiazole rings is 1. The number of aromatic nitrogens is 3. The average Bonchev–Trinajstić information content (AvgIpc) is 3.52. The predicted molar refractivity (Wildman–Crippen MR) is 173 cm³/mol. The summed E-state index contributed by atoms with van der Waals surface area (Å²) < 4.78 is 56.3. The zero-order valence-corrected chi connectivity index (χ0v) is 27.3. The molecule has 248 valence electrons. The molecule has 47 heavy (non-hydrogen) atoms. The van der Waals surface area contributed by atoms with Crippen LogP contribution < -0.4 is 20.3 Å². The first-order valence-electron chi connectivity index (χ1n) is 14.7. The average molecular weight is 689 g/mol. The van der Waals surface area contributed by atoms with Crippen LogP contribution in [0.1, 0.15) is 49.7 Å². The summed E-state index contributed by atoms with van der Waals surface area (Å²) in [5.41, 5.74) is -1.44. The Morgan fingerprint density at radius 1 is 1.09 bits per heavy atom. The van der Waals surface area contributed by atoms with Crippen molar-refractivity contribution in [3.63, 3.8) is 0 Å². The Balaban J connectivity index is 1.50. The molecular weight excluding hydrogens is 657 g/mol. The fraction of sp³-hybridized carbons (Fsp3) is 0.344. The molecular formula is C32H32ClF3N6O4S. The second kappa shape index (κ2) is 14.1. The number of amides is 2. The number of piperidine rings is 1. The minimum Gasteiger partial charge on any atom is -0.455 e. The zero-order chi connectivity index (χ0) is 33.8. The van der Waals surface area contributed by atoms with Crippen molar-refractivity contribution in [2.75, 3.05) is 29.9 Å². The van der Waals surface area contributed by atoms with Crippen LogP contribution in [0.2, 0.25) is 5.02 Å². The van der Waals surface area contributed by atoms with E-state index in [4.69, 9.17) is 21.1 Å². The third kappa shape index (κ3) is 8.69. The first kappa shape index (κ1) is 33.9. The molecule has 0 spiro atoms. The molecule has 2 amide bonds. The van der Waals surface area contributed by atoms with E-state index in [2.05, 4.69) is 25.8 Å². The third-order valence-corrected chi connectivity index (χ3v) is 8.27. The predicted octanol–water partition coefficient (Wildman–Crippen LogP) is 8.06. The van der Waals surface area contributed by atoms with Crippen LogP contribution >= 0.6 is 22.9 Å². The van der Waals surface area contributed by atoms with Crippen molar-refractivity contribution in [2.45, 2.75) is 45.4 Å². The lowest BCUT2D eigenvalue weighted by Crippen LogP contribution is -2.43. The quantitative estimate of drug-likeness (QED) is 0.191. The van der Waals surface area contributed by atoms with E-state index >= 15 is 13.2 Å². The van der Waals surface area contributed by atoms with Gasteiger partial charge in [0, 0.05) is 30.6 Å². The number of hydrogen-bond donors (Lipinski definition) is 2. The topological polar surface area (TPSA) is 119 Å². The van der Waals surface area contributed by atoms with Crippen molar-refractivity contribution >= 4 is 46.3 Å². The standard InChI is InChI=1S/C32H32ClF3N6O4S/c1-31(2,3)46-30(44)37-15-19-7-6-14-42(17-19)27-22(40-28(43)23-18-47-29(41-23)20-12-13-38-39-16-20)10-11-25(26(27)32(34,35)36)45-24-9-5-4-8-21(24)33/h4-5,8-13,16,18-19H,6-7,14-15,17H2,1-3H3,(H,37,44)(H,40,43)/t19-/m0/s1. The Morgan fingerprint density at radius 2 is 1.87 bits per heavy atom. The molecule has 0 aliphatic carbocycles. The number of nitrogens with zero attached hydrogens (tertiary/aromatic N) is 4. The monoisotopic (exact) mass is 688 g/mol. The Bertz CT molecular complexity index is 1730. The van der Waals surface area contributed by atoms with Crippen LogP contribution in [0.25, 0.3) is 10.6 Å². The maximum absolute atomic E-state index is 15.1. The SMILES string of the molecule is CC(C)(C)OC(=O)NC[C@@H]1CCCN(c2c(NC(=O)c3csc(-c4ccnnc4)n3)ccc(Oc3ccccc3Cl)c2C(F)(F)F)C1. The second-order valence-electron chi connectivity index (χ2n) is 11.8. The number of carbonyl (C=O) groups is 2. The van der Waals surface area contributed by atoms with Crippen molar-refractivity contribution in [1.29, 1.82) is 0 Å². The number of nitrogens with one attached hydrogen (secondary N) is 2. The fourth-order valence-corrected chi connectivity index (χ4v) is 6.06. The van der Waals surface area contributed by atoms with Crippen LogP contribution in [0.3, 0.4) is 0 Å². The van der Waals surface area contributed by atoms with Gasteiger partial charge in [0.1, 0.15) is 33.4 Å². The number of anilines is 2. The van der Waals surface area contributed by atoms with Gasteiger partial charge in [-0.3, -0.25) is 4.79 Å². The summed E-state index contributed by atoms with van der Waals surface area (Å²) in [6.45, 7) is 5.83. The third-order valence-electron chi connectivity index (χ3n) is 7.07. The summed E-state index contributed by atoms with van der Waals surface area (Å²) in [6, 6.07) is 10.4. The molecule has 5 rings (SSSR count). The first-order chi connectivity index (χ1) is 22.3. The minimum absolute atomic E-state index is 0.0239. The van der Waals surface area contributed by atoms with Gasteiger partial charge in [0.15, 0.2) is 0 Å². The van der Waals surface area contributed by atoms with Gasteiger partial charge in [0.25, 0.3) is 5.91 Å². The van der Waals surface area contributed by atoms with E-state index in [1.807, 2.05) is 0 Å². The van der Waals surface area contributed by atoms with Crippen molar-refractivity contribution in [3.8, 4) is 22.1 Å². The van der Waals surface area contributed by atoms with E-state index in [0.29, 0.717) is 23.4 Å². The number of rotatable bonds is 8. The number of benzene rings is 2. The molecule has 3 heterocycles. The normalized spacial score (nSPS) is 15.2. The Kier molecular flexibility index (Phi) is 10.2. The van der Waals surface area contributed by atoms with Gasteiger partial charge in [0.05, 0.1) is 28.8 Å². The molecule has 15 heteroatoms. The number of carbonyl (C=O) groups excluding carboxylic acids is 2. The van der Waals surface area contributed by atoms with Gasteiger partial charge < -0.3 is 25.0 Å². The summed E-state index contributed by atoms with van der Waals surface area (Å²) in [5, 5.41) is 15.1. The molecule has 10 nitrogen and oxygen atoms in total. The summed E-state index contributed by atoms with van der Waals surface area (Å²) in [4.78, 5) is 31.7. The molecule has 2 aromatic carbocycles. The molecule has 1 aliphatic heterocycles. The van der Waals surface area contributed by atoms with E-state index < -0.39 is 35.1 Å². The molecule has 0 saturated carbocycles. The van der Waals surface area contributed by atoms with Gasteiger partial charge in [0.2, 0.25) is 0 Å². The number of halogens is 4. The maximum atomic E-state index is 15.1. The lowest BCUT2D eigenvalue weighted by molar-refractivity contribution is -0.138. The highest BCUT2D eigenvalue weighted by molar-refractivity contribution is 7.13. The molecule has 0 unspecified atom stereocenters. The van der Waals surface area contributed by atoms with Crippen molar-refractivity contribution < 1.29 is 32.2 Å². The van der Waals surface area contributed by atoms with Crippen LogP contribution in [0.15, 0.2) is 60.2 Å². The number of hydrogen-bond acceptors (Lipinski definition) is 9. The van der Waals surface area contributed by atoms with E-state index in [-0.39, 0.29) is 53.4 Å². The molecule has 0 radical (unpaired) electrons. The van der Waals surface area contributed by atoms with Gasteiger partial charge in [-0.05, 0) is 69.9 Å². The van der Waals surface area contributed by atoms with Crippen LogP contribution in [-0.4, -0.2) is 52.4 Å². The first-order valence-corrected chi connectivity index (χ1v) is 16.0. The summed E-state index contributed by atoms with van der Waals surface area (Å²) in [5.74, 6) is -1.33.